The van der Waals surface area contributed by atoms with Crippen molar-refractivity contribution in [1.82, 2.24) is 4.98 Å². The molecule has 0 amide bonds. The first-order valence-corrected chi connectivity index (χ1v) is 9.23. The monoisotopic (exact) mass is 385 g/mol. The summed E-state index contributed by atoms with van der Waals surface area (Å²) < 4.78 is 21.4. The lowest BCUT2D eigenvalue weighted by Gasteiger charge is -2.09. The SMILES string of the molecule is COc1ccc(OCCOC(=O)c2ccc(OCc3cscn3)cc2)cc1. The summed E-state index contributed by atoms with van der Waals surface area (Å²) in [4.78, 5) is 16.2. The standard InChI is InChI=1S/C20H19NO5S/c1-23-17-6-8-18(9-7-17)24-10-11-25-20(22)15-2-4-19(5-3-15)26-12-16-13-27-14-21-16/h2-9,13-14H,10-12H2,1H3. The lowest BCUT2D eigenvalue weighted by Crippen LogP contribution is -2.12. The average Bonchev–Trinajstić information content (AvgIpc) is 3.24. The van der Waals surface area contributed by atoms with Crippen molar-refractivity contribution in [1.29, 1.82) is 0 Å². The normalized spacial score (nSPS) is 10.3. The molecular weight excluding hydrogens is 366 g/mol. The van der Waals surface area contributed by atoms with Crippen LogP contribution in [0.5, 0.6) is 17.2 Å². The molecule has 3 aromatic rings. The summed E-state index contributed by atoms with van der Waals surface area (Å²) in [5.41, 5.74) is 3.09. The molecule has 0 aliphatic heterocycles. The Bertz CT molecular complexity index is 832. The van der Waals surface area contributed by atoms with Gasteiger partial charge in [-0.25, -0.2) is 9.78 Å². The van der Waals surface area contributed by atoms with E-state index in [0.29, 0.717) is 23.7 Å². The van der Waals surface area contributed by atoms with E-state index in [1.165, 1.54) is 11.3 Å². The minimum atomic E-state index is -0.403. The zero-order valence-corrected chi connectivity index (χ0v) is 15.6. The number of benzene rings is 2. The van der Waals surface area contributed by atoms with Gasteiger partial charge in [-0.15, -0.1) is 11.3 Å². The van der Waals surface area contributed by atoms with Crippen molar-refractivity contribution >= 4 is 17.3 Å². The quantitative estimate of drug-likeness (QED) is 0.410. The second-order valence-corrected chi connectivity index (χ2v) is 6.17. The topological polar surface area (TPSA) is 66.9 Å². The number of nitrogens with zero attached hydrogens (tertiary/aromatic N) is 1. The number of esters is 1. The largest absolute Gasteiger partial charge is 0.497 e. The van der Waals surface area contributed by atoms with Crippen molar-refractivity contribution < 1.29 is 23.7 Å². The van der Waals surface area contributed by atoms with Gasteiger partial charge in [0.2, 0.25) is 0 Å². The Balaban J connectivity index is 1.39. The molecule has 2 aromatic carbocycles. The van der Waals surface area contributed by atoms with Gasteiger partial charge in [0, 0.05) is 5.38 Å². The predicted molar refractivity (Wildman–Crippen MR) is 102 cm³/mol. The molecule has 0 aliphatic carbocycles. The fourth-order valence-electron chi connectivity index (χ4n) is 2.20. The van der Waals surface area contributed by atoms with Gasteiger partial charge in [0.25, 0.3) is 0 Å². The highest BCUT2D eigenvalue weighted by Crippen LogP contribution is 2.17. The molecule has 0 aliphatic rings. The van der Waals surface area contributed by atoms with Crippen LogP contribution in [0.3, 0.4) is 0 Å². The maximum absolute atomic E-state index is 12.1. The molecule has 0 saturated carbocycles. The maximum Gasteiger partial charge on any atom is 0.338 e. The Labute approximate surface area is 161 Å². The first-order chi connectivity index (χ1) is 13.2. The number of aromatic nitrogens is 1. The molecular formula is C20H19NO5S. The van der Waals surface area contributed by atoms with E-state index in [0.717, 1.165) is 11.4 Å². The van der Waals surface area contributed by atoms with Crippen molar-refractivity contribution in [3.8, 4) is 17.2 Å². The Morgan fingerprint density at radius 3 is 2.26 bits per heavy atom. The molecule has 7 heteroatoms. The van der Waals surface area contributed by atoms with Crippen LogP contribution < -0.4 is 14.2 Å². The molecule has 0 bridgehead atoms. The highest BCUT2D eigenvalue weighted by atomic mass is 32.1. The molecule has 0 atom stereocenters. The summed E-state index contributed by atoms with van der Waals surface area (Å²) >= 11 is 1.52. The number of rotatable bonds is 9. The van der Waals surface area contributed by atoms with Crippen LogP contribution in [0.1, 0.15) is 16.1 Å². The number of methoxy groups -OCH3 is 1. The van der Waals surface area contributed by atoms with Gasteiger partial charge in [0.1, 0.15) is 37.1 Å². The highest BCUT2D eigenvalue weighted by molar-refractivity contribution is 7.07. The zero-order valence-electron chi connectivity index (χ0n) is 14.8. The lowest BCUT2D eigenvalue weighted by atomic mass is 10.2. The molecule has 0 radical (unpaired) electrons. The van der Waals surface area contributed by atoms with Crippen LogP contribution in [0.4, 0.5) is 0 Å². The van der Waals surface area contributed by atoms with E-state index in [2.05, 4.69) is 4.98 Å². The van der Waals surface area contributed by atoms with E-state index in [9.17, 15) is 4.79 Å². The van der Waals surface area contributed by atoms with Crippen LogP contribution in [0.25, 0.3) is 0 Å². The summed E-state index contributed by atoms with van der Waals surface area (Å²) in [5.74, 6) is 1.71. The molecule has 0 unspecified atom stereocenters. The Hall–Kier alpha value is -3.06. The van der Waals surface area contributed by atoms with E-state index in [1.54, 1.807) is 61.2 Å². The summed E-state index contributed by atoms with van der Waals surface area (Å²) in [6, 6.07) is 14.0. The minimum absolute atomic E-state index is 0.160. The van der Waals surface area contributed by atoms with Crippen molar-refractivity contribution in [3.05, 3.63) is 70.7 Å². The van der Waals surface area contributed by atoms with Gasteiger partial charge in [-0.05, 0) is 48.5 Å². The average molecular weight is 385 g/mol. The predicted octanol–water partition coefficient (Wildman–Crippen LogP) is 3.97. The minimum Gasteiger partial charge on any atom is -0.497 e. The first kappa shape index (κ1) is 18.7. The van der Waals surface area contributed by atoms with Crippen LogP contribution in [-0.2, 0) is 11.3 Å². The molecule has 6 nitrogen and oxygen atoms in total. The van der Waals surface area contributed by atoms with Gasteiger partial charge in [0.05, 0.1) is 23.9 Å². The van der Waals surface area contributed by atoms with Crippen LogP contribution >= 0.6 is 11.3 Å². The van der Waals surface area contributed by atoms with Crippen LogP contribution in [0.2, 0.25) is 0 Å². The number of thiazole rings is 1. The van der Waals surface area contributed by atoms with Gasteiger partial charge < -0.3 is 18.9 Å². The summed E-state index contributed by atoms with van der Waals surface area (Å²) in [5, 5.41) is 1.93. The van der Waals surface area contributed by atoms with Crippen LogP contribution in [0.15, 0.2) is 59.4 Å². The molecule has 0 spiro atoms. The summed E-state index contributed by atoms with van der Waals surface area (Å²) in [6.07, 6.45) is 0. The van der Waals surface area contributed by atoms with E-state index in [1.807, 2.05) is 5.38 Å². The van der Waals surface area contributed by atoms with Crippen molar-refractivity contribution in [2.75, 3.05) is 20.3 Å². The van der Waals surface area contributed by atoms with Crippen LogP contribution in [0, 0.1) is 0 Å². The van der Waals surface area contributed by atoms with Gasteiger partial charge in [-0.1, -0.05) is 0 Å². The zero-order chi connectivity index (χ0) is 18.9. The Morgan fingerprint density at radius 1 is 0.926 bits per heavy atom. The number of hydrogen-bond donors (Lipinski definition) is 0. The Morgan fingerprint density at radius 2 is 1.59 bits per heavy atom. The number of hydrogen-bond acceptors (Lipinski definition) is 7. The van der Waals surface area contributed by atoms with Crippen molar-refractivity contribution in [2.45, 2.75) is 6.61 Å². The third-order valence-electron chi connectivity index (χ3n) is 3.60. The van der Waals surface area contributed by atoms with E-state index < -0.39 is 5.97 Å². The molecule has 1 aromatic heterocycles. The maximum atomic E-state index is 12.1. The number of carbonyl (C=O) groups excluding carboxylic acids is 1. The first-order valence-electron chi connectivity index (χ1n) is 8.28. The van der Waals surface area contributed by atoms with E-state index in [4.69, 9.17) is 18.9 Å². The fraction of sp³-hybridized carbons (Fsp3) is 0.200. The number of carbonyl (C=O) groups is 1. The van der Waals surface area contributed by atoms with Gasteiger partial charge in [-0.2, -0.15) is 0 Å². The van der Waals surface area contributed by atoms with Gasteiger partial charge >= 0.3 is 5.97 Å². The highest BCUT2D eigenvalue weighted by Gasteiger charge is 2.07. The molecule has 1 heterocycles. The summed E-state index contributed by atoms with van der Waals surface area (Å²) in [6.45, 7) is 0.829. The fourth-order valence-corrected chi connectivity index (χ4v) is 2.75. The molecule has 140 valence electrons. The number of ether oxygens (including phenoxy) is 4. The van der Waals surface area contributed by atoms with Crippen LogP contribution in [-0.4, -0.2) is 31.3 Å². The molecule has 0 N–H and O–H groups in total. The Kier molecular flexibility index (Phi) is 6.65. The third kappa shape index (κ3) is 5.72. The molecule has 27 heavy (non-hydrogen) atoms. The van der Waals surface area contributed by atoms with Crippen molar-refractivity contribution in [3.63, 3.8) is 0 Å². The molecule has 0 saturated heterocycles. The molecule has 3 rings (SSSR count). The van der Waals surface area contributed by atoms with E-state index >= 15 is 0 Å². The summed E-state index contributed by atoms with van der Waals surface area (Å²) in [7, 11) is 1.61. The molecule has 0 fully saturated rings. The smallest absolute Gasteiger partial charge is 0.338 e. The van der Waals surface area contributed by atoms with E-state index in [-0.39, 0.29) is 13.2 Å². The van der Waals surface area contributed by atoms with Gasteiger partial charge in [0.15, 0.2) is 0 Å². The van der Waals surface area contributed by atoms with Gasteiger partial charge in [-0.3, -0.25) is 0 Å². The third-order valence-corrected chi connectivity index (χ3v) is 4.24. The van der Waals surface area contributed by atoms with Crippen molar-refractivity contribution in [2.24, 2.45) is 0 Å². The second kappa shape index (κ2) is 9.59. The second-order valence-electron chi connectivity index (χ2n) is 5.45. The lowest BCUT2D eigenvalue weighted by molar-refractivity contribution is 0.0450.